The van der Waals surface area contributed by atoms with E-state index in [1.165, 1.54) is 34.3 Å². The maximum absolute atomic E-state index is 15.6. The van der Waals surface area contributed by atoms with Gasteiger partial charge in [0.1, 0.15) is 35.9 Å². The molecular weight excluding hydrogens is 598 g/mol. The van der Waals surface area contributed by atoms with Crippen molar-refractivity contribution in [3.8, 4) is 11.1 Å². The maximum atomic E-state index is 15.6. The van der Waals surface area contributed by atoms with E-state index in [1.807, 2.05) is 23.6 Å². The van der Waals surface area contributed by atoms with Crippen LogP contribution in [-0.2, 0) is 9.53 Å². The SMILES string of the molecule is CC(C)c1nc(N2CCN(c3ncnc4c(-c5ccc(N6CCN(CC(=O)OC(C)(C)C)C6=O)c(F)c5)ccc(F)c34)CC2)no1. The first-order valence-corrected chi connectivity index (χ1v) is 15.2. The van der Waals surface area contributed by atoms with Crippen LogP contribution in [0.15, 0.2) is 41.2 Å². The second-order valence-corrected chi connectivity index (χ2v) is 12.7. The smallest absolute Gasteiger partial charge is 0.326 e. The van der Waals surface area contributed by atoms with Crippen LogP contribution in [-0.4, -0.2) is 88.4 Å². The molecular formula is C32H36F2N8O4. The zero-order chi connectivity index (χ0) is 32.7. The number of rotatable bonds is 7. The summed E-state index contributed by atoms with van der Waals surface area (Å²) in [6, 6.07) is 6.90. The fourth-order valence-corrected chi connectivity index (χ4v) is 5.68. The summed E-state index contributed by atoms with van der Waals surface area (Å²) in [5.74, 6) is 0.0330. The highest BCUT2D eigenvalue weighted by Crippen LogP contribution is 2.36. The minimum absolute atomic E-state index is 0.0853. The van der Waals surface area contributed by atoms with Crippen molar-refractivity contribution in [1.29, 1.82) is 0 Å². The summed E-state index contributed by atoms with van der Waals surface area (Å²) in [6.07, 6.45) is 1.38. The number of benzene rings is 2. The van der Waals surface area contributed by atoms with Gasteiger partial charge in [-0.1, -0.05) is 19.9 Å². The number of aromatic nitrogens is 4. The molecule has 2 aromatic heterocycles. The molecule has 0 spiro atoms. The number of fused-ring (bicyclic) bond motifs is 1. The van der Waals surface area contributed by atoms with E-state index >= 15 is 8.78 Å². The molecule has 0 bridgehead atoms. The number of hydrogen-bond donors (Lipinski definition) is 0. The zero-order valence-corrected chi connectivity index (χ0v) is 26.5. The van der Waals surface area contributed by atoms with Crippen molar-refractivity contribution in [1.82, 2.24) is 25.0 Å². The van der Waals surface area contributed by atoms with Crippen LogP contribution < -0.4 is 14.7 Å². The topological polar surface area (TPSA) is 121 Å². The van der Waals surface area contributed by atoms with Crippen LogP contribution in [0.2, 0.25) is 0 Å². The second kappa shape index (κ2) is 12.1. The molecule has 0 aliphatic carbocycles. The Hall–Kier alpha value is -4.88. The highest BCUT2D eigenvalue weighted by atomic mass is 19.1. The number of anilines is 3. The molecule has 2 aliphatic rings. The Bertz CT molecular complexity index is 1780. The first-order valence-electron chi connectivity index (χ1n) is 15.2. The molecule has 4 aromatic rings. The van der Waals surface area contributed by atoms with E-state index in [0.29, 0.717) is 60.5 Å². The number of carbonyl (C=O) groups is 2. The van der Waals surface area contributed by atoms with Gasteiger partial charge in [-0.2, -0.15) is 4.98 Å². The molecule has 0 saturated carbocycles. The molecule has 46 heavy (non-hydrogen) atoms. The minimum atomic E-state index is -0.680. The largest absolute Gasteiger partial charge is 0.459 e. The highest BCUT2D eigenvalue weighted by molar-refractivity contribution is 6.00. The molecule has 6 rings (SSSR count). The van der Waals surface area contributed by atoms with Crippen LogP contribution in [0.25, 0.3) is 22.0 Å². The van der Waals surface area contributed by atoms with Gasteiger partial charge < -0.3 is 24.0 Å². The molecule has 0 radical (unpaired) electrons. The highest BCUT2D eigenvalue weighted by Gasteiger charge is 2.34. The summed E-state index contributed by atoms with van der Waals surface area (Å²) in [6.45, 7) is 11.7. The van der Waals surface area contributed by atoms with Crippen molar-refractivity contribution >= 4 is 40.4 Å². The molecule has 2 amide bonds. The Balaban J connectivity index is 1.21. The summed E-state index contributed by atoms with van der Waals surface area (Å²) in [5, 5.41) is 4.34. The molecule has 0 N–H and O–H groups in total. The quantitative estimate of drug-likeness (QED) is 0.257. The van der Waals surface area contributed by atoms with E-state index in [-0.39, 0.29) is 36.6 Å². The van der Waals surface area contributed by atoms with Gasteiger partial charge in [-0.3, -0.25) is 9.69 Å². The number of piperazine rings is 1. The van der Waals surface area contributed by atoms with Crippen LogP contribution in [0.1, 0.15) is 46.4 Å². The zero-order valence-electron chi connectivity index (χ0n) is 26.5. The third-order valence-electron chi connectivity index (χ3n) is 7.89. The first kappa shape index (κ1) is 31.1. The Morgan fingerprint density at radius 1 is 0.978 bits per heavy atom. The minimum Gasteiger partial charge on any atom is -0.459 e. The Kier molecular flexibility index (Phi) is 8.21. The van der Waals surface area contributed by atoms with Crippen LogP contribution >= 0.6 is 0 Å². The number of amides is 2. The number of nitrogens with zero attached hydrogens (tertiary/aromatic N) is 8. The van der Waals surface area contributed by atoms with Crippen LogP contribution in [0.4, 0.5) is 31.0 Å². The molecule has 4 heterocycles. The lowest BCUT2D eigenvalue weighted by Gasteiger charge is -2.35. The van der Waals surface area contributed by atoms with E-state index in [2.05, 4.69) is 20.1 Å². The van der Waals surface area contributed by atoms with Crippen molar-refractivity contribution < 1.29 is 27.6 Å². The van der Waals surface area contributed by atoms with E-state index < -0.39 is 29.2 Å². The molecule has 2 aromatic carbocycles. The number of halogens is 2. The van der Waals surface area contributed by atoms with Gasteiger partial charge in [0.05, 0.1) is 16.6 Å². The van der Waals surface area contributed by atoms with Gasteiger partial charge in [-0.25, -0.2) is 23.5 Å². The lowest BCUT2D eigenvalue weighted by atomic mass is 10.0. The predicted octanol–water partition coefficient (Wildman–Crippen LogP) is 4.99. The number of urea groups is 1. The van der Waals surface area contributed by atoms with Gasteiger partial charge in [0.25, 0.3) is 5.95 Å². The van der Waals surface area contributed by atoms with Crippen molar-refractivity contribution in [2.24, 2.45) is 0 Å². The van der Waals surface area contributed by atoms with Crippen molar-refractivity contribution in [3.05, 3.63) is 54.2 Å². The van der Waals surface area contributed by atoms with Crippen LogP contribution in [0.3, 0.4) is 0 Å². The summed E-state index contributed by atoms with van der Waals surface area (Å²) in [5.41, 5.74) is 0.746. The average Bonchev–Trinajstić information content (AvgIpc) is 3.64. The third-order valence-corrected chi connectivity index (χ3v) is 7.89. The van der Waals surface area contributed by atoms with Crippen molar-refractivity contribution in [3.63, 3.8) is 0 Å². The van der Waals surface area contributed by atoms with Crippen LogP contribution in [0.5, 0.6) is 0 Å². The molecule has 2 fully saturated rings. The van der Waals surface area contributed by atoms with Gasteiger partial charge in [0.15, 0.2) is 0 Å². The number of hydrogen-bond acceptors (Lipinski definition) is 10. The van der Waals surface area contributed by atoms with Gasteiger partial charge in [-0.05, 0) is 55.8 Å². The number of esters is 1. The van der Waals surface area contributed by atoms with Gasteiger partial charge in [0, 0.05) is 50.7 Å². The fourth-order valence-electron chi connectivity index (χ4n) is 5.68. The number of ether oxygens (including phenoxy) is 1. The third kappa shape index (κ3) is 6.15. The predicted molar refractivity (Wildman–Crippen MR) is 168 cm³/mol. The van der Waals surface area contributed by atoms with Crippen molar-refractivity contribution in [2.45, 2.75) is 46.1 Å². The summed E-state index contributed by atoms with van der Waals surface area (Å²) in [7, 11) is 0. The lowest BCUT2D eigenvalue weighted by Crippen LogP contribution is -2.47. The van der Waals surface area contributed by atoms with E-state index in [1.54, 1.807) is 32.9 Å². The van der Waals surface area contributed by atoms with E-state index in [9.17, 15) is 9.59 Å². The normalized spacial score (nSPS) is 15.9. The van der Waals surface area contributed by atoms with Crippen LogP contribution in [0, 0.1) is 11.6 Å². The molecule has 0 atom stereocenters. The van der Waals surface area contributed by atoms with Crippen molar-refractivity contribution in [2.75, 3.05) is 60.5 Å². The average molecular weight is 635 g/mol. The second-order valence-electron chi connectivity index (χ2n) is 12.7. The Morgan fingerprint density at radius 2 is 1.72 bits per heavy atom. The number of carbonyl (C=O) groups excluding carboxylic acids is 2. The summed E-state index contributed by atoms with van der Waals surface area (Å²) < 4.78 is 41.7. The molecule has 2 aliphatic heterocycles. The maximum Gasteiger partial charge on any atom is 0.326 e. The van der Waals surface area contributed by atoms with Gasteiger partial charge in [0.2, 0.25) is 5.89 Å². The standard InChI is InChI=1S/C32H36F2N8O4/c1-19(2)29-37-30(38-46-29)40-12-10-39(11-13-40)28-26-22(33)8-7-21(27(26)35-18-36-28)20-6-9-24(23(34)16-20)42-15-14-41(31(42)44)17-25(43)45-32(3,4)5/h6-9,16,18-19H,10-15,17H2,1-5H3. The first-order chi connectivity index (χ1) is 21.9. The van der Waals surface area contributed by atoms with Gasteiger partial charge >= 0.3 is 12.0 Å². The monoisotopic (exact) mass is 634 g/mol. The molecule has 2 saturated heterocycles. The molecule has 242 valence electrons. The summed E-state index contributed by atoms with van der Waals surface area (Å²) in [4.78, 5) is 45.3. The Labute approximate surface area is 264 Å². The lowest BCUT2D eigenvalue weighted by molar-refractivity contribution is -0.155. The van der Waals surface area contributed by atoms with Gasteiger partial charge in [-0.15, -0.1) is 0 Å². The summed E-state index contributed by atoms with van der Waals surface area (Å²) >= 11 is 0. The molecule has 0 unspecified atom stereocenters. The van der Waals surface area contributed by atoms with E-state index in [4.69, 9.17) is 9.26 Å². The fraction of sp³-hybridized carbons (Fsp3) is 0.438. The Morgan fingerprint density at radius 3 is 2.39 bits per heavy atom. The molecule has 14 heteroatoms. The van der Waals surface area contributed by atoms with E-state index in [0.717, 1.165) is 0 Å². The molecule has 12 nitrogen and oxygen atoms in total.